The molecule has 0 amide bonds. The minimum Gasteiger partial charge on any atom is -0.381 e. The third-order valence-corrected chi connectivity index (χ3v) is 6.35. The minimum atomic E-state index is -0.153. The van der Waals surface area contributed by atoms with Crippen LogP contribution >= 0.6 is 7.92 Å². The van der Waals surface area contributed by atoms with Crippen LogP contribution in [0.3, 0.4) is 0 Å². The molecule has 148 valence electrons. The van der Waals surface area contributed by atoms with Crippen LogP contribution in [0.25, 0.3) is 16.9 Å². The van der Waals surface area contributed by atoms with Crippen molar-refractivity contribution in [1.29, 1.82) is 0 Å². The highest BCUT2D eigenvalue weighted by atomic mass is 31.1. The monoisotopic (exact) mass is 405 g/mol. The van der Waals surface area contributed by atoms with Crippen LogP contribution in [0.4, 0.5) is 11.6 Å². The molecule has 1 atom stereocenters. The Balaban J connectivity index is 1.65. The molecule has 29 heavy (non-hydrogen) atoms. The highest BCUT2D eigenvalue weighted by Crippen LogP contribution is 2.29. The highest BCUT2D eigenvalue weighted by molar-refractivity contribution is 7.64. The van der Waals surface area contributed by atoms with Gasteiger partial charge in [0.05, 0.1) is 17.9 Å². The highest BCUT2D eigenvalue weighted by Gasteiger charge is 2.19. The van der Waals surface area contributed by atoms with E-state index >= 15 is 0 Å². The predicted octanol–water partition coefficient (Wildman–Crippen LogP) is 3.18. The van der Waals surface area contributed by atoms with Gasteiger partial charge in [0, 0.05) is 24.2 Å². The van der Waals surface area contributed by atoms with E-state index in [0.717, 1.165) is 22.5 Å². The maximum absolute atomic E-state index is 6.43. The number of anilines is 2. The number of fused-ring (bicyclic) bond motifs is 1. The fraction of sp³-hybridized carbons (Fsp3) is 0.190. The Morgan fingerprint density at radius 2 is 1.83 bits per heavy atom. The maximum atomic E-state index is 6.43. The summed E-state index contributed by atoms with van der Waals surface area (Å²) in [6.45, 7) is 6.48. The summed E-state index contributed by atoms with van der Waals surface area (Å²) in [7, 11) is -0.133. The standard InChI is InChI=1S/C21H24N7P/c1-14(16-6-9-19-24-10-11-27(19)13-16)28(23)21-20(22)25-12-18(26-21)15-4-7-17(8-5-15)29(2)3/h4-14H,23H2,1-3H3,(H2,22,25). The molecule has 0 aliphatic heterocycles. The first-order valence-electron chi connectivity index (χ1n) is 9.31. The summed E-state index contributed by atoms with van der Waals surface area (Å²) in [5.74, 6) is 7.19. The van der Waals surface area contributed by atoms with Gasteiger partial charge in [0.25, 0.3) is 0 Å². The fourth-order valence-corrected chi connectivity index (χ4v) is 3.92. The van der Waals surface area contributed by atoms with Crippen LogP contribution < -0.4 is 21.9 Å². The van der Waals surface area contributed by atoms with Gasteiger partial charge in [0.2, 0.25) is 0 Å². The Hall–Kier alpha value is -3.02. The molecular formula is C21H24N7P. The first-order chi connectivity index (χ1) is 13.9. The van der Waals surface area contributed by atoms with Gasteiger partial charge in [-0.15, -0.1) is 0 Å². The topological polar surface area (TPSA) is 98.4 Å². The molecule has 0 fully saturated rings. The number of rotatable bonds is 5. The van der Waals surface area contributed by atoms with Gasteiger partial charge >= 0.3 is 0 Å². The van der Waals surface area contributed by atoms with E-state index in [0.29, 0.717) is 11.6 Å². The third-order valence-electron chi connectivity index (χ3n) is 5.02. The molecule has 4 rings (SSSR count). The number of imidazole rings is 1. The molecule has 0 aliphatic rings. The Bertz CT molecular complexity index is 1140. The molecule has 0 saturated heterocycles. The number of hydrazine groups is 1. The van der Waals surface area contributed by atoms with Crippen molar-refractivity contribution in [3.63, 3.8) is 0 Å². The Kier molecular flexibility index (Phi) is 5.18. The molecule has 0 saturated carbocycles. The number of nitrogen functional groups attached to an aromatic ring is 1. The van der Waals surface area contributed by atoms with E-state index in [1.165, 1.54) is 5.30 Å². The first kappa shape index (κ1) is 19.3. The quantitative estimate of drug-likeness (QED) is 0.301. The van der Waals surface area contributed by atoms with Crippen molar-refractivity contribution < 1.29 is 0 Å². The zero-order chi connectivity index (χ0) is 20.5. The number of aromatic nitrogens is 4. The van der Waals surface area contributed by atoms with Crippen LogP contribution in [0, 0.1) is 0 Å². The van der Waals surface area contributed by atoms with Gasteiger partial charge in [-0.2, -0.15) is 0 Å². The summed E-state index contributed by atoms with van der Waals surface area (Å²) in [5, 5.41) is 2.91. The van der Waals surface area contributed by atoms with Crippen molar-refractivity contribution in [2.75, 3.05) is 24.1 Å². The van der Waals surface area contributed by atoms with Crippen molar-refractivity contribution in [1.82, 2.24) is 19.4 Å². The zero-order valence-corrected chi connectivity index (χ0v) is 17.6. The number of hydrogen-bond donors (Lipinski definition) is 2. The summed E-state index contributed by atoms with van der Waals surface area (Å²) in [6.07, 6.45) is 7.36. The van der Waals surface area contributed by atoms with Crippen molar-refractivity contribution in [2.24, 2.45) is 5.84 Å². The molecule has 4 aromatic rings. The SMILES string of the molecule is CC(c1ccc2nccn2c1)N(N)c1nc(-c2ccc(P(C)C)cc2)cnc1N. The number of hydrogen-bond acceptors (Lipinski definition) is 6. The second-order valence-corrected chi connectivity index (χ2v) is 9.45. The molecule has 7 nitrogen and oxygen atoms in total. The van der Waals surface area contributed by atoms with Crippen LogP contribution in [0.5, 0.6) is 0 Å². The van der Waals surface area contributed by atoms with Gasteiger partial charge in [0.15, 0.2) is 11.6 Å². The molecule has 0 spiro atoms. The maximum Gasteiger partial charge on any atom is 0.186 e. The van der Waals surface area contributed by atoms with Gasteiger partial charge in [0.1, 0.15) is 5.65 Å². The van der Waals surface area contributed by atoms with Gasteiger partial charge in [-0.05, 0) is 37.2 Å². The lowest BCUT2D eigenvalue weighted by atomic mass is 10.1. The molecule has 0 radical (unpaired) electrons. The lowest BCUT2D eigenvalue weighted by Gasteiger charge is -2.26. The Morgan fingerprint density at radius 3 is 2.55 bits per heavy atom. The second-order valence-electron chi connectivity index (χ2n) is 7.14. The summed E-state index contributed by atoms with van der Waals surface area (Å²) in [5.41, 5.74) is 9.75. The molecule has 4 N–H and O–H groups in total. The molecule has 0 aliphatic carbocycles. The average molecular weight is 405 g/mol. The predicted molar refractivity (Wildman–Crippen MR) is 121 cm³/mol. The number of pyridine rings is 1. The van der Waals surface area contributed by atoms with Gasteiger partial charge in [-0.25, -0.2) is 20.8 Å². The van der Waals surface area contributed by atoms with Crippen LogP contribution in [0.15, 0.2) is 61.2 Å². The van der Waals surface area contributed by atoms with Crippen LogP contribution in [0.2, 0.25) is 0 Å². The van der Waals surface area contributed by atoms with E-state index in [9.17, 15) is 0 Å². The van der Waals surface area contributed by atoms with Crippen molar-refractivity contribution in [2.45, 2.75) is 13.0 Å². The molecule has 3 heterocycles. The third kappa shape index (κ3) is 3.79. The normalized spacial score (nSPS) is 12.4. The van der Waals surface area contributed by atoms with Crippen LogP contribution in [-0.2, 0) is 0 Å². The molecular weight excluding hydrogens is 381 g/mol. The van der Waals surface area contributed by atoms with E-state index < -0.39 is 0 Å². The van der Waals surface area contributed by atoms with Gasteiger partial charge < -0.3 is 10.1 Å². The molecule has 1 unspecified atom stereocenters. The van der Waals surface area contributed by atoms with E-state index in [1.807, 2.05) is 35.9 Å². The van der Waals surface area contributed by atoms with E-state index in [1.54, 1.807) is 17.4 Å². The number of benzene rings is 1. The second kappa shape index (κ2) is 7.78. The van der Waals surface area contributed by atoms with E-state index in [-0.39, 0.29) is 14.0 Å². The summed E-state index contributed by atoms with van der Waals surface area (Å²) >= 11 is 0. The van der Waals surface area contributed by atoms with Crippen LogP contribution in [0.1, 0.15) is 18.5 Å². The smallest absolute Gasteiger partial charge is 0.186 e. The number of nitrogens with two attached hydrogens (primary N) is 2. The molecule has 3 aromatic heterocycles. The van der Waals surface area contributed by atoms with Crippen molar-refractivity contribution >= 4 is 30.5 Å². The van der Waals surface area contributed by atoms with Gasteiger partial charge in [-0.3, -0.25) is 5.01 Å². The molecule has 0 bridgehead atoms. The summed E-state index contributed by atoms with van der Waals surface area (Å²) < 4.78 is 1.96. The van der Waals surface area contributed by atoms with E-state index in [2.05, 4.69) is 47.6 Å². The van der Waals surface area contributed by atoms with Crippen molar-refractivity contribution in [3.05, 3.63) is 66.7 Å². The van der Waals surface area contributed by atoms with Crippen molar-refractivity contribution in [3.8, 4) is 11.3 Å². The Labute approximate surface area is 171 Å². The fourth-order valence-electron chi connectivity index (χ4n) is 3.18. The Morgan fingerprint density at radius 1 is 1.07 bits per heavy atom. The summed E-state index contributed by atoms with van der Waals surface area (Å²) in [6, 6.07) is 12.2. The first-order valence-corrected chi connectivity index (χ1v) is 11.5. The zero-order valence-electron chi connectivity index (χ0n) is 16.7. The van der Waals surface area contributed by atoms with Gasteiger partial charge in [-0.1, -0.05) is 38.3 Å². The largest absolute Gasteiger partial charge is 0.381 e. The average Bonchev–Trinajstić information content (AvgIpc) is 3.21. The molecule has 8 heteroatoms. The minimum absolute atomic E-state index is 0.133. The lowest BCUT2D eigenvalue weighted by Crippen LogP contribution is -2.35. The van der Waals surface area contributed by atoms with E-state index in [4.69, 9.17) is 16.6 Å². The molecule has 1 aromatic carbocycles. The number of nitrogens with zero attached hydrogens (tertiary/aromatic N) is 5. The van der Waals surface area contributed by atoms with Crippen LogP contribution in [-0.4, -0.2) is 32.7 Å². The lowest BCUT2D eigenvalue weighted by molar-refractivity contribution is 0.682. The summed E-state index contributed by atoms with van der Waals surface area (Å²) in [4.78, 5) is 13.3.